The molecule has 2 aliphatic rings. The fourth-order valence-electron chi connectivity index (χ4n) is 4.83. The number of benzene rings is 1. The molecule has 1 atom stereocenters. The van der Waals surface area contributed by atoms with Crippen LogP contribution in [-0.4, -0.2) is 52.2 Å². The Labute approximate surface area is 185 Å². The normalized spacial score (nSPS) is 20.8. The number of piperidine rings is 1. The molecule has 0 saturated carbocycles. The van der Waals surface area contributed by atoms with Crippen LogP contribution in [0.1, 0.15) is 37.3 Å². The molecule has 0 aliphatic carbocycles. The van der Waals surface area contributed by atoms with Gasteiger partial charge in [0.05, 0.1) is 13.3 Å². The van der Waals surface area contributed by atoms with Crippen LogP contribution in [-0.2, 0) is 24.4 Å². The van der Waals surface area contributed by atoms with E-state index in [-0.39, 0.29) is 5.92 Å². The van der Waals surface area contributed by atoms with Gasteiger partial charge in [-0.1, -0.05) is 24.3 Å². The van der Waals surface area contributed by atoms with Crippen LogP contribution in [0.4, 0.5) is 0 Å². The van der Waals surface area contributed by atoms with Crippen molar-refractivity contribution in [2.45, 2.75) is 45.8 Å². The number of carbonyl (C=O) groups excluding carboxylic acids is 1. The van der Waals surface area contributed by atoms with E-state index in [9.17, 15) is 4.79 Å². The lowest BCUT2D eigenvalue weighted by Gasteiger charge is -2.36. The molecule has 1 amide bonds. The van der Waals surface area contributed by atoms with E-state index in [1.54, 1.807) is 7.11 Å². The molecule has 1 fully saturated rings. The molecule has 1 aromatic carbocycles. The van der Waals surface area contributed by atoms with Crippen LogP contribution in [0.3, 0.4) is 0 Å². The number of hydrogen-bond donors (Lipinski definition) is 0. The third kappa shape index (κ3) is 5.37. The number of allylic oxidation sites excluding steroid dienone is 1. The molecular formula is C25H34N4O2. The largest absolute Gasteiger partial charge is 0.497 e. The zero-order valence-corrected chi connectivity index (χ0v) is 18.7. The molecule has 1 saturated heterocycles. The van der Waals surface area contributed by atoms with Gasteiger partial charge in [0.25, 0.3) is 0 Å². The number of rotatable bonds is 7. The van der Waals surface area contributed by atoms with Crippen molar-refractivity contribution in [3.05, 3.63) is 59.9 Å². The smallest absolute Gasteiger partial charge is 0.226 e. The quantitative estimate of drug-likeness (QED) is 0.638. The summed E-state index contributed by atoms with van der Waals surface area (Å²) in [6, 6.07) is 8.02. The van der Waals surface area contributed by atoms with Crippen LogP contribution in [0, 0.1) is 11.8 Å². The molecule has 6 heteroatoms. The fraction of sp³-hybridized carbons (Fsp3) is 0.520. The molecule has 4 rings (SSSR count). The standard InChI is InChI=1S/C25H34N4O2/c1-3-29-19-21(16-26-29)17-27-13-10-22(11-14-27)24-9-4-5-12-28(25(24)30)18-20-7-6-8-23(15-20)31-2/h4-8,15-16,19,22,24H,3,9-14,17-18H2,1-2H3. The minimum absolute atomic E-state index is 0.0920. The van der Waals surface area contributed by atoms with Gasteiger partial charge < -0.3 is 9.64 Å². The Balaban J connectivity index is 1.35. The highest BCUT2D eigenvalue weighted by molar-refractivity contribution is 5.80. The van der Waals surface area contributed by atoms with Gasteiger partial charge in [-0.25, -0.2) is 0 Å². The summed E-state index contributed by atoms with van der Waals surface area (Å²) < 4.78 is 7.33. The number of aromatic nitrogens is 2. The zero-order chi connectivity index (χ0) is 21.6. The molecule has 3 heterocycles. The van der Waals surface area contributed by atoms with Crippen LogP contribution in [0.15, 0.2) is 48.8 Å². The number of amides is 1. The molecule has 1 unspecified atom stereocenters. The van der Waals surface area contributed by atoms with E-state index in [1.165, 1.54) is 5.56 Å². The first-order valence-electron chi connectivity index (χ1n) is 11.5. The topological polar surface area (TPSA) is 50.6 Å². The van der Waals surface area contributed by atoms with Gasteiger partial charge in [0, 0.05) is 43.9 Å². The average molecular weight is 423 g/mol. The number of ether oxygens (including phenoxy) is 1. The second-order valence-corrected chi connectivity index (χ2v) is 8.70. The predicted molar refractivity (Wildman–Crippen MR) is 122 cm³/mol. The highest BCUT2D eigenvalue weighted by Crippen LogP contribution is 2.31. The van der Waals surface area contributed by atoms with Crippen molar-refractivity contribution >= 4 is 5.91 Å². The Morgan fingerprint density at radius 2 is 1.97 bits per heavy atom. The van der Waals surface area contributed by atoms with Crippen molar-refractivity contribution < 1.29 is 9.53 Å². The lowest BCUT2D eigenvalue weighted by Crippen LogP contribution is -2.42. The van der Waals surface area contributed by atoms with Crippen molar-refractivity contribution in [2.75, 3.05) is 26.7 Å². The van der Waals surface area contributed by atoms with Gasteiger partial charge in [0.1, 0.15) is 5.75 Å². The van der Waals surface area contributed by atoms with Crippen molar-refractivity contribution in [3.63, 3.8) is 0 Å². The van der Waals surface area contributed by atoms with Crippen molar-refractivity contribution in [1.29, 1.82) is 0 Å². The summed E-state index contributed by atoms with van der Waals surface area (Å²) in [4.78, 5) is 17.9. The third-order valence-electron chi connectivity index (χ3n) is 6.64. The van der Waals surface area contributed by atoms with E-state index < -0.39 is 0 Å². The Bertz CT molecular complexity index is 898. The number of likely N-dealkylation sites (tertiary alicyclic amines) is 1. The van der Waals surface area contributed by atoms with Gasteiger partial charge >= 0.3 is 0 Å². The van der Waals surface area contributed by atoms with Crippen LogP contribution >= 0.6 is 0 Å². The summed E-state index contributed by atoms with van der Waals surface area (Å²) in [7, 11) is 1.68. The number of nitrogens with zero attached hydrogens (tertiary/aromatic N) is 4. The minimum atomic E-state index is 0.0920. The van der Waals surface area contributed by atoms with Crippen molar-refractivity contribution in [3.8, 4) is 5.75 Å². The van der Waals surface area contributed by atoms with E-state index in [4.69, 9.17) is 4.74 Å². The maximum absolute atomic E-state index is 13.4. The lowest BCUT2D eigenvalue weighted by atomic mass is 9.81. The number of aryl methyl sites for hydroxylation is 1. The van der Waals surface area contributed by atoms with Crippen LogP contribution in [0.5, 0.6) is 5.75 Å². The second-order valence-electron chi connectivity index (χ2n) is 8.70. The summed E-state index contributed by atoms with van der Waals surface area (Å²) >= 11 is 0. The Hall–Kier alpha value is -2.60. The van der Waals surface area contributed by atoms with Crippen molar-refractivity contribution in [1.82, 2.24) is 19.6 Å². The summed E-state index contributed by atoms with van der Waals surface area (Å²) in [6.07, 6.45) is 11.5. The first kappa shape index (κ1) is 21.6. The van der Waals surface area contributed by atoms with Gasteiger partial charge in [-0.2, -0.15) is 5.10 Å². The molecule has 1 aromatic heterocycles. The summed E-state index contributed by atoms with van der Waals surface area (Å²) in [6.45, 7) is 7.39. The van der Waals surface area contributed by atoms with Gasteiger partial charge in [0.2, 0.25) is 5.91 Å². The number of hydrogen-bond acceptors (Lipinski definition) is 4. The number of carbonyl (C=O) groups is 1. The molecule has 0 radical (unpaired) electrons. The van der Waals surface area contributed by atoms with E-state index in [0.29, 0.717) is 24.9 Å². The molecule has 6 nitrogen and oxygen atoms in total. The molecule has 2 aromatic rings. The molecule has 166 valence electrons. The highest BCUT2D eigenvalue weighted by atomic mass is 16.5. The molecule has 0 N–H and O–H groups in total. The van der Waals surface area contributed by atoms with Gasteiger partial charge in [-0.05, 0) is 62.9 Å². The maximum Gasteiger partial charge on any atom is 0.226 e. The van der Waals surface area contributed by atoms with E-state index in [1.807, 2.05) is 34.0 Å². The predicted octanol–water partition coefficient (Wildman–Crippen LogP) is 3.73. The molecular weight excluding hydrogens is 388 g/mol. The third-order valence-corrected chi connectivity index (χ3v) is 6.64. The monoisotopic (exact) mass is 422 g/mol. The number of methoxy groups -OCH3 is 1. The first-order valence-corrected chi connectivity index (χ1v) is 11.5. The Morgan fingerprint density at radius 3 is 2.71 bits per heavy atom. The second kappa shape index (κ2) is 10.1. The van der Waals surface area contributed by atoms with Gasteiger partial charge in [-0.3, -0.25) is 14.4 Å². The summed E-state index contributed by atoms with van der Waals surface area (Å²) in [5.41, 5.74) is 2.39. The Kier molecular flexibility index (Phi) is 7.07. The van der Waals surface area contributed by atoms with Crippen molar-refractivity contribution in [2.24, 2.45) is 11.8 Å². The molecule has 0 spiro atoms. The molecule has 31 heavy (non-hydrogen) atoms. The summed E-state index contributed by atoms with van der Waals surface area (Å²) in [5.74, 6) is 1.69. The van der Waals surface area contributed by atoms with Crippen LogP contribution in [0.2, 0.25) is 0 Å². The highest BCUT2D eigenvalue weighted by Gasteiger charge is 2.34. The fourth-order valence-corrected chi connectivity index (χ4v) is 4.83. The van der Waals surface area contributed by atoms with Gasteiger partial charge in [-0.15, -0.1) is 0 Å². The van der Waals surface area contributed by atoms with Crippen LogP contribution < -0.4 is 4.74 Å². The Morgan fingerprint density at radius 1 is 1.13 bits per heavy atom. The summed E-state index contributed by atoms with van der Waals surface area (Å²) in [5, 5.41) is 4.39. The SMILES string of the molecule is CCn1cc(CN2CCC(C3CC=CCN(Cc4cccc(OC)c4)C3=O)CC2)cn1. The molecule has 0 bridgehead atoms. The maximum atomic E-state index is 13.4. The van der Waals surface area contributed by atoms with E-state index >= 15 is 0 Å². The first-order chi connectivity index (χ1) is 15.2. The minimum Gasteiger partial charge on any atom is -0.497 e. The van der Waals surface area contributed by atoms with Crippen LogP contribution in [0.25, 0.3) is 0 Å². The lowest BCUT2D eigenvalue weighted by molar-refractivity contribution is -0.137. The molecule has 2 aliphatic heterocycles. The zero-order valence-electron chi connectivity index (χ0n) is 18.7. The average Bonchev–Trinajstić information content (AvgIpc) is 3.18. The van der Waals surface area contributed by atoms with E-state index in [0.717, 1.165) is 56.8 Å². The van der Waals surface area contributed by atoms with Gasteiger partial charge in [0.15, 0.2) is 0 Å². The van der Waals surface area contributed by atoms with E-state index in [2.05, 4.69) is 41.3 Å².